The van der Waals surface area contributed by atoms with E-state index in [0.717, 1.165) is 48.6 Å². The molecular weight excluding hydrogens is 411 g/mol. The zero-order chi connectivity index (χ0) is 22.4. The molecule has 1 nitrogen and oxygen atoms in total. The Bertz CT molecular complexity index is 752. The van der Waals surface area contributed by atoms with Gasteiger partial charge >= 0.3 is 6.18 Å². The number of alkyl halides is 3. The van der Waals surface area contributed by atoms with Crippen LogP contribution >= 0.6 is 0 Å². The van der Waals surface area contributed by atoms with Gasteiger partial charge in [-0.2, -0.15) is 13.2 Å². The highest BCUT2D eigenvalue weighted by Gasteiger charge is 2.31. The van der Waals surface area contributed by atoms with Gasteiger partial charge in [-0.3, -0.25) is 0 Å². The van der Waals surface area contributed by atoms with Gasteiger partial charge in [0, 0.05) is 18.1 Å². The van der Waals surface area contributed by atoms with Crippen LogP contribution in [-0.2, 0) is 0 Å². The van der Waals surface area contributed by atoms with Gasteiger partial charge in [-0.05, 0) is 62.2 Å². The molecule has 0 spiro atoms. The van der Waals surface area contributed by atoms with Gasteiger partial charge in [0.05, 0.1) is 12.2 Å². The number of hydrogen-bond donors (Lipinski definition) is 0. The standard InChI is InChI=1S/C25H31F5O/c1-2-3-17-4-8-19(9-5-17)20-10-6-18(7-11-20)16-31-21-14-23(26)22(24(27)15-21)12-13-25(28,29)30/h14-15,17-20H,2-11,16H2,1H3. The second-order valence-electron chi connectivity index (χ2n) is 9.17. The summed E-state index contributed by atoms with van der Waals surface area (Å²) in [5.74, 6) is 2.98. The van der Waals surface area contributed by atoms with Crippen molar-refractivity contribution in [1.82, 2.24) is 0 Å². The summed E-state index contributed by atoms with van der Waals surface area (Å²) in [7, 11) is 0. The minimum Gasteiger partial charge on any atom is -0.493 e. The van der Waals surface area contributed by atoms with Crippen LogP contribution in [0.25, 0.3) is 0 Å². The highest BCUT2D eigenvalue weighted by molar-refractivity contribution is 5.41. The third-order valence-corrected chi connectivity index (χ3v) is 6.98. The lowest BCUT2D eigenvalue weighted by Crippen LogP contribution is -2.27. The Morgan fingerprint density at radius 1 is 0.871 bits per heavy atom. The molecule has 0 saturated heterocycles. The first-order chi connectivity index (χ1) is 14.7. The summed E-state index contributed by atoms with van der Waals surface area (Å²) in [6.45, 7) is 2.62. The number of halogens is 5. The fraction of sp³-hybridized carbons (Fsp3) is 0.680. The fourth-order valence-electron chi connectivity index (χ4n) is 5.28. The zero-order valence-electron chi connectivity index (χ0n) is 18.0. The van der Waals surface area contributed by atoms with E-state index in [0.29, 0.717) is 12.5 Å². The van der Waals surface area contributed by atoms with Crippen LogP contribution in [-0.4, -0.2) is 12.8 Å². The van der Waals surface area contributed by atoms with Crippen molar-refractivity contribution in [2.45, 2.75) is 77.3 Å². The van der Waals surface area contributed by atoms with Crippen molar-refractivity contribution in [2.75, 3.05) is 6.61 Å². The van der Waals surface area contributed by atoms with E-state index in [1.54, 1.807) is 0 Å². The molecule has 31 heavy (non-hydrogen) atoms. The number of ether oxygens (including phenoxy) is 1. The molecule has 0 amide bonds. The van der Waals surface area contributed by atoms with E-state index in [1.165, 1.54) is 57.3 Å². The number of hydrogen-bond acceptors (Lipinski definition) is 1. The van der Waals surface area contributed by atoms with E-state index in [2.05, 4.69) is 6.92 Å². The number of rotatable bonds is 6. The van der Waals surface area contributed by atoms with Crippen LogP contribution in [0.4, 0.5) is 22.0 Å². The molecule has 172 valence electrons. The topological polar surface area (TPSA) is 9.23 Å². The molecule has 2 fully saturated rings. The lowest BCUT2D eigenvalue weighted by molar-refractivity contribution is -0.0696. The summed E-state index contributed by atoms with van der Waals surface area (Å²) in [5, 5.41) is 0. The minimum absolute atomic E-state index is 0.0103. The Kier molecular flexibility index (Phi) is 8.24. The molecule has 2 aliphatic carbocycles. The van der Waals surface area contributed by atoms with Crippen molar-refractivity contribution in [1.29, 1.82) is 0 Å². The van der Waals surface area contributed by atoms with Gasteiger partial charge in [0.2, 0.25) is 0 Å². The maximum atomic E-state index is 14.0. The molecule has 3 rings (SSSR count). The molecule has 2 saturated carbocycles. The summed E-state index contributed by atoms with van der Waals surface area (Å²) in [4.78, 5) is 0. The van der Waals surface area contributed by atoms with Crippen LogP contribution in [0.5, 0.6) is 5.75 Å². The summed E-state index contributed by atoms with van der Waals surface area (Å²) in [6.07, 6.45) is 7.67. The summed E-state index contributed by atoms with van der Waals surface area (Å²) < 4.78 is 70.1. The molecule has 2 aliphatic rings. The second-order valence-corrected chi connectivity index (χ2v) is 9.17. The van der Waals surface area contributed by atoms with Gasteiger partial charge in [-0.1, -0.05) is 38.5 Å². The van der Waals surface area contributed by atoms with E-state index in [4.69, 9.17) is 4.74 Å². The van der Waals surface area contributed by atoms with Crippen molar-refractivity contribution in [3.8, 4) is 17.6 Å². The number of benzene rings is 1. The summed E-state index contributed by atoms with van der Waals surface area (Å²) >= 11 is 0. The van der Waals surface area contributed by atoms with Crippen LogP contribution in [0.15, 0.2) is 12.1 Å². The van der Waals surface area contributed by atoms with E-state index in [9.17, 15) is 22.0 Å². The predicted octanol–water partition coefficient (Wildman–Crippen LogP) is 7.67. The lowest BCUT2D eigenvalue weighted by atomic mass is 9.69. The van der Waals surface area contributed by atoms with Crippen molar-refractivity contribution in [3.05, 3.63) is 29.3 Å². The molecule has 0 heterocycles. The SMILES string of the molecule is CCCC1CCC(C2CCC(COc3cc(F)c(C#CC(F)(F)F)c(F)c3)CC2)CC1. The van der Waals surface area contributed by atoms with Crippen LogP contribution in [0.1, 0.15) is 76.7 Å². The zero-order valence-corrected chi connectivity index (χ0v) is 18.0. The summed E-state index contributed by atoms with van der Waals surface area (Å²) in [6, 6.07) is 1.81. The van der Waals surface area contributed by atoms with Crippen molar-refractivity contribution < 1.29 is 26.7 Å². The average molecular weight is 443 g/mol. The van der Waals surface area contributed by atoms with Gasteiger partial charge in [-0.15, -0.1) is 0 Å². The normalized spacial score (nSPS) is 26.8. The Labute approximate surface area is 181 Å². The maximum absolute atomic E-state index is 14.0. The molecule has 1 aromatic carbocycles. The van der Waals surface area contributed by atoms with Gasteiger partial charge < -0.3 is 4.74 Å². The monoisotopic (exact) mass is 442 g/mol. The largest absolute Gasteiger partial charge is 0.493 e. The maximum Gasteiger partial charge on any atom is 0.458 e. The van der Waals surface area contributed by atoms with Crippen molar-refractivity contribution in [3.63, 3.8) is 0 Å². The molecular formula is C25H31F5O. The van der Waals surface area contributed by atoms with Crippen LogP contribution < -0.4 is 4.74 Å². The first-order valence-corrected chi connectivity index (χ1v) is 11.5. The van der Waals surface area contributed by atoms with Gasteiger partial charge in [0.15, 0.2) is 0 Å². The quantitative estimate of drug-likeness (QED) is 0.324. The van der Waals surface area contributed by atoms with Crippen molar-refractivity contribution in [2.24, 2.45) is 23.7 Å². The molecule has 0 N–H and O–H groups in total. The molecule has 0 aliphatic heterocycles. The van der Waals surface area contributed by atoms with Crippen LogP contribution in [0, 0.1) is 47.1 Å². The Hall–Kier alpha value is -1.77. The third-order valence-electron chi connectivity index (χ3n) is 6.98. The third kappa shape index (κ3) is 7.12. The smallest absolute Gasteiger partial charge is 0.458 e. The molecule has 0 bridgehead atoms. The highest BCUT2D eigenvalue weighted by atomic mass is 19.4. The Morgan fingerprint density at radius 3 is 1.87 bits per heavy atom. The molecule has 0 aromatic heterocycles. The van der Waals surface area contributed by atoms with E-state index in [1.807, 2.05) is 0 Å². The van der Waals surface area contributed by atoms with E-state index >= 15 is 0 Å². The van der Waals surface area contributed by atoms with Crippen LogP contribution in [0.2, 0.25) is 0 Å². The Morgan fingerprint density at radius 2 is 1.39 bits per heavy atom. The molecule has 6 heteroatoms. The van der Waals surface area contributed by atoms with Crippen LogP contribution in [0.3, 0.4) is 0 Å². The van der Waals surface area contributed by atoms with Gasteiger partial charge in [0.25, 0.3) is 0 Å². The molecule has 0 unspecified atom stereocenters. The van der Waals surface area contributed by atoms with Gasteiger partial charge in [0.1, 0.15) is 17.4 Å². The van der Waals surface area contributed by atoms with E-state index in [-0.39, 0.29) is 5.75 Å². The Balaban J connectivity index is 1.46. The average Bonchev–Trinajstić information content (AvgIpc) is 2.72. The second kappa shape index (κ2) is 10.7. The first kappa shape index (κ1) is 23.9. The molecule has 1 aromatic rings. The lowest BCUT2D eigenvalue weighted by Gasteiger charge is -2.37. The minimum atomic E-state index is -4.80. The first-order valence-electron chi connectivity index (χ1n) is 11.5. The fourth-order valence-corrected chi connectivity index (χ4v) is 5.28. The highest BCUT2D eigenvalue weighted by Crippen LogP contribution is 2.42. The predicted molar refractivity (Wildman–Crippen MR) is 111 cm³/mol. The van der Waals surface area contributed by atoms with Crippen molar-refractivity contribution >= 4 is 0 Å². The summed E-state index contributed by atoms with van der Waals surface area (Å²) in [5.41, 5.74) is -0.890. The van der Waals surface area contributed by atoms with Gasteiger partial charge in [-0.25, -0.2) is 8.78 Å². The molecule has 0 radical (unpaired) electrons. The molecule has 0 atom stereocenters. The van der Waals surface area contributed by atoms with E-state index < -0.39 is 23.4 Å².